The Balaban J connectivity index is 3.50. The van der Waals surface area contributed by atoms with Crippen LogP contribution >= 0.6 is 0 Å². The summed E-state index contributed by atoms with van der Waals surface area (Å²) in [6, 6.07) is 0.608. The second-order valence-electron chi connectivity index (χ2n) is 3.65. The van der Waals surface area contributed by atoms with Gasteiger partial charge in [0.25, 0.3) is 12.3 Å². The average Bonchev–Trinajstić information content (AvgIpc) is 2.25. The summed E-state index contributed by atoms with van der Waals surface area (Å²) in [6.07, 6.45) is -2.17. The van der Waals surface area contributed by atoms with Gasteiger partial charge in [0.1, 0.15) is 5.69 Å². The highest BCUT2D eigenvalue weighted by molar-refractivity contribution is 7.89. The van der Waals surface area contributed by atoms with Crippen LogP contribution in [0.15, 0.2) is 17.2 Å². The van der Waals surface area contributed by atoms with E-state index in [1.807, 2.05) is 0 Å². The number of halogens is 2. The van der Waals surface area contributed by atoms with E-state index in [4.69, 9.17) is 5.14 Å². The number of amides is 1. The van der Waals surface area contributed by atoms with Crippen LogP contribution in [0.1, 0.15) is 22.5 Å². The van der Waals surface area contributed by atoms with Crippen molar-refractivity contribution in [3.05, 3.63) is 23.5 Å². The van der Waals surface area contributed by atoms with Crippen LogP contribution in [0.4, 0.5) is 8.78 Å². The zero-order chi connectivity index (χ0) is 14.1. The number of pyridine rings is 1. The summed E-state index contributed by atoms with van der Waals surface area (Å²) in [7, 11) is -1.52. The Labute approximate surface area is 102 Å². The second kappa shape index (κ2) is 4.94. The van der Waals surface area contributed by atoms with Crippen molar-refractivity contribution in [2.45, 2.75) is 11.3 Å². The number of primary sulfonamides is 1. The van der Waals surface area contributed by atoms with Gasteiger partial charge in [-0.2, -0.15) is 0 Å². The third-order valence-electron chi connectivity index (χ3n) is 2.05. The van der Waals surface area contributed by atoms with Gasteiger partial charge in [-0.1, -0.05) is 0 Å². The van der Waals surface area contributed by atoms with E-state index in [1.165, 1.54) is 14.1 Å². The molecule has 0 radical (unpaired) electrons. The Bertz CT molecular complexity index is 572. The number of nitrogens with two attached hydrogens (primary N) is 1. The van der Waals surface area contributed by atoms with Crippen LogP contribution in [0, 0.1) is 0 Å². The van der Waals surface area contributed by atoms with E-state index in [0.717, 1.165) is 11.1 Å². The van der Waals surface area contributed by atoms with E-state index in [2.05, 4.69) is 4.98 Å². The molecule has 18 heavy (non-hydrogen) atoms. The number of rotatable bonds is 3. The van der Waals surface area contributed by atoms with Crippen LogP contribution in [0.5, 0.6) is 0 Å². The number of carbonyl (C=O) groups excluding carboxylic acids is 1. The molecule has 0 unspecified atom stereocenters. The molecule has 0 fully saturated rings. The van der Waals surface area contributed by atoms with Gasteiger partial charge >= 0.3 is 0 Å². The van der Waals surface area contributed by atoms with Crippen molar-refractivity contribution in [2.24, 2.45) is 5.14 Å². The lowest BCUT2D eigenvalue weighted by molar-refractivity contribution is 0.0822. The van der Waals surface area contributed by atoms with Crippen molar-refractivity contribution in [1.29, 1.82) is 0 Å². The van der Waals surface area contributed by atoms with Crippen LogP contribution in [-0.2, 0) is 10.0 Å². The monoisotopic (exact) mass is 279 g/mol. The third kappa shape index (κ3) is 2.99. The summed E-state index contributed by atoms with van der Waals surface area (Å²) in [5, 5.41) is 4.89. The van der Waals surface area contributed by atoms with Gasteiger partial charge in [0.05, 0.1) is 10.5 Å². The summed E-state index contributed by atoms with van der Waals surface area (Å²) in [6.45, 7) is 0. The van der Waals surface area contributed by atoms with Gasteiger partial charge in [0, 0.05) is 20.3 Å². The Morgan fingerprint density at radius 3 is 2.39 bits per heavy atom. The number of alkyl halides is 2. The molecule has 2 N–H and O–H groups in total. The average molecular weight is 279 g/mol. The first kappa shape index (κ1) is 14.5. The van der Waals surface area contributed by atoms with Gasteiger partial charge in [-0.25, -0.2) is 22.3 Å². The van der Waals surface area contributed by atoms with Gasteiger partial charge < -0.3 is 4.90 Å². The molecule has 6 nitrogen and oxygen atoms in total. The minimum atomic E-state index is -4.29. The molecule has 0 aliphatic heterocycles. The fraction of sp³-hybridized carbons (Fsp3) is 0.333. The SMILES string of the molecule is CN(C)C(=O)c1cnc(C(F)F)cc1S(N)(=O)=O. The normalized spacial score (nSPS) is 11.7. The summed E-state index contributed by atoms with van der Waals surface area (Å²) in [5.41, 5.74) is -1.10. The topological polar surface area (TPSA) is 93.4 Å². The number of carbonyl (C=O) groups is 1. The van der Waals surface area contributed by atoms with Crippen molar-refractivity contribution in [3.63, 3.8) is 0 Å². The van der Waals surface area contributed by atoms with Crippen LogP contribution < -0.4 is 5.14 Å². The standard InChI is InChI=1S/C9H11F2N3O3S/c1-14(2)9(15)5-4-13-6(8(10)11)3-7(5)18(12,16)17/h3-4,8H,1-2H3,(H2,12,16,17). The summed E-state index contributed by atoms with van der Waals surface area (Å²) in [5.74, 6) is -0.688. The Kier molecular flexibility index (Phi) is 3.97. The first-order valence-corrected chi connectivity index (χ1v) is 6.21. The highest BCUT2D eigenvalue weighted by atomic mass is 32.2. The van der Waals surface area contributed by atoms with Gasteiger partial charge in [-0.15, -0.1) is 0 Å². The summed E-state index contributed by atoms with van der Waals surface area (Å²) in [4.78, 5) is 15.4. The number of nitrogens with zero attached hydrogens (tertiary/aromatic N) is 2. The molecule has 9 heteroatoms. The first-order chi connectivity index (χ1) is 8.14. The Morgan fingerprint density at radius 1 is 1.44 bits per heavy atom. The molecule has 0 saturated carbocycles. The Morgan fingerprint density at radius 2 is 2.00 bits per heavy atom. The zero-order valence-electron chi connectivity index (χ0n) is 9.59. The van der Waals surface area contributed by atoms with E-state index in [-0.39, 0.29) is 5.56 Å². The second-order valence-corrected chi connectivity index (χ2v) is 5.18. The van der Waals surface area contributed by atoms with E-state index in [9.17, 15) is 22.0 Å². The maximum absolute atomic E-state index is 12.4. The Hall–Kier alpha value is -1.61. The van der Waals surface area contributed by atoms with Crippen molar-refractivity contribution in [2.75, 3.05) is 14.1 Å². The molecule has 0 atom stereocenters. The van der Waals surface area contributed by atoms with Crippen molar-refractivity contribution >= 4 is 15.9 Å². The van der Waals surface area contributed by atoms with Gasteiger partial charge in [-0.05, 0) is 6.07 Å². The molecule has 1 rings (SSSR count). The quantitative estimate of drug-likeness (QED) is 0.865. The molecule has 1 aromatic rings. The molecule has 0 aromatic carbocycles. The van der Waals surface area contributed by atoms with E-state index in [1.54, 1.807) is 0 Å². The molecule has 1 amide bonds. The van der Waals surface area contributed by atoms with E-state index >= 15 is 0 Å². The molecular formula is C9H11F2N3O3S. The highest BCUT2D eigenvalue weighted by Gasteiger charge is 2.23. The van der Waals surface area contributed by atoms with Crippen LogP contribution in [0.2, 0.25) is 0 Å². The van der Waals surface area contributed by atoms with Crippen LogP contribution in [0.3, 0.4) is 0 Å². The fourth-order valence-electron chi connectivity index (χ4n) is 1.21. The van der Waals surface area contributed by atoms with Crippen molar-refractivity contribution < 1.29 is 22.0 Å². The van der Waals surface area contributed by atoms with Crippen molar-refractivity contribution in [3.8, 4) is 0 Å². The third-order valence-corrected chi connectivity index (χ3v) is 3.00. The maximum Gasteiger partial charge on any atom is 0.280 e. The fourth-order valence-corrected chi connectivity index (χ4v) is 1.94. The molecule has 100 valence electrons. The predicted molar refractivity (Wildman–Crippen MR) is 58.6 cm³/mol. The number of hydrogen-bond acceptors (Lipinski definition) is 4. The molecule has 0 spiro atoms. The number of hydrogen-bond donors (Lipinski definition) is 1. The molecule has 0 saturated heterocycles. The minimum Gasteiger partial charge on any atom is -0.345 e. The zero-order valence-corrected chi connectivity index (χ0v) is 10.4. The number of sulfonamides is 1. The maximum atomic E-state index is 12.4. The lowest BCUT2D eigenvalue weighted by Gasteiger charge is -2.13. The van der Waals surface area contributed by atoms with Crippen LogP contribution in [0.25, 0.3) is 0 Å². The van der Waals surface area contributed by atoms with E-state index < -0.39 is 32.9 Å². The molecule has 0 aliphatic carbocycles. The van der Waals surface area contributed by atoms with Crippen molar-refractivity contribution in [1.82, 2.24) is 9.88 Å². The molecule has 1 aromatic heterocycles. The molecule has 0 aliphatic rings. The highest BCUT2D eigenvalue weighted by Crippen LogP contribution is 2.22. The molecule has 1 heterocycles. The summed E-state index contributed by atoms with van der Waals surface area (Å²) < 4.78 is 47.4. The largest absolute Gasteiger partial charge is 0.345 e. The molecular weight excluding hydrogens is 268 g/mol. The van der Waals surface area contributed by atoms with E-state index in [0.29, 0.717) is 6.07 Å². The minimum absolute atomic E-state index is 0.341. The van der Waals surface area contributed by atoms with Gasteiger partial charge in [0.15, 0.2) is 0 Å². The molecule has 0 bridgehead atoms. The van der Waals surface area contributed by atoms with Crippen LogP contribution in [-0.4, -0.2) is 38.3 Å². The smallest absolute Gasteiger partial charge is 0.280 e. The lowest BCUT2D eigenvalue weighted by Crippen LogP contribution is -2.26. The lowest BCUT2D eigenvalue weighted by atomic mass is 10.2. The van der Waals surface area contributed by atoms with Gasteiger partial charge in [-0.3, -0.25) is 9.78 Å². The number of aromatic nitrogens is 1. The summed E-state index contributed by atoms with van der Waals surface area (Å²) >= 11 is 0. The predicted octanol–water partition coefficient (Wildman–Crippen LogP) is 0.368. The van der Waals surface area contributed by atoms with Gasteiger partial charge in [0.2, 0.25) is 10.0 Å². The first-order valence-electron chi connectivity index (χ1n) is 4.67.